The second-order valence-corrected chi connectivity index (χ2v) is 7.29. The highest BCUT2D eigenvalue weighted by molar-refractivity contribution is 8.05. The third-order valence-corrected chi connectivity index (χ3v) is 4.50. The van der Waals surface area contributed by atoms with Crippen molar-refractivity contribution in [3.63, 3.8) is 0 Å². The van der Waals surface area contributed by atoms with Crippen molar-refractivity contribution in [1.29, 1.82) is 0 Å². The van der Waals surface area contributed by atoms with Crippen LogP contribution in [0.4, 0.5) is 26.3 Å². The Morgan fingerprint density at radius 3 is 1.58 bits per heavy atom. The van der Waals surface area contributed by atoms with E-state index < -0.39 is 35.2 Å². The van der Waals surface area contributed by atoms with Gasteiger partial charge in [-0.05, 0) is 6.92 Å². The lowest BCUT2D eigenvalue weighted by atomic mass is 10.4. The first-order valence-corrected chi connectivity index (χ1v) is 8.29. The van der Waals surface area contributed by atoms with Crippen molar-refractivity contribution in [3.8, 4) is 0 Å². The molecule has 0 amide bonds. The molecule has 24 heavy (non-hydrogen) atoms. The summed E-state index contributed by atoms with van der Waals surface area (Å²) in [6, 6.07) is 0. The molecule has 3 N–H and O–H groups in total. The first-order valence-electron chi connectivity index (χ1n) is 5.33. The van der Waals surface area contributed by atoms with Crippen molar-refractivity contribution >= 4 is 26.0 Å². The molecule has 0 saturated carbocycles. The number of rotatable bonds is 5. The molecular formula is C8H12F6N2O6S2. The normalized spacial score (nSPS) is 12.8. The molecule has 0 fully saturated rings. The maximum absolute atomic E-state index is 11.5. The summed E-state index contributed by atoms with van der Waals surface area (Å²) in [4.78, 5) is 10.5. The summed E-state index contributed by atoms with van der Waals surface area (Å²) >= 11 is 0. The molecule has 0 radical (unpaired) electrons. The van der Waals surface area contributed by atoms with Crippen LogP contribution in [-0.4, -0.2) is 47.0 Å². The Morgan fingerprint density at radius 2 is 1.38 bits per heavy atom. The van der Waals surface area contributed by atoms with Gasteiger partial charge in [0.1, 0.15) is 6.61 Å². The molecule has 8 nitrogen and oxygen atoms in total. The highest BCUT2D eigenvalue weighted by Gasteiger charge is 2.55. The minimum Gasteiger partial charge on any atom is -0.461 e. The standard InChI is InChI=1S/C6H11NO2.C2HF6NO4S2/c1-5(2)6(8)9-4-3-7;3-1(4,5)14(10,11)9-15(12,13)2(6,7)8/h1,3-4,7H2,2H3;9H. The van der Waals surface area contributed by atoms with Gasteiger partial charge >= 0.3 is 37.0 Å². The van der Waals surface area contributed by atoms with Gasteiger partial charge in [-0.25, -0.2) is 21.6 Å². The molecule has 0 aliphatic carbocycles. The average molecular weight is 410 g/mol. The Labute approximate surface area is 132 Å². The number of carbonyl (C=O) groups excluding carboxylic acids is 1. The van der Waals surface area contributed by atoms with Crippen LogP contribution in [0.15, 0.2) is 12.2 Å². The van der Waals surface area contributed by atoms with Gasteiger partial charge in [0.15, 0.2) is 0 Å². The Bertz CT molecular complexity index is 610. The zero-order chi connectivity index (χ0) is 20.0. The molecule has 0 atom stereocenters. The third kappa shape index (κ3) is 8.46. The molecular weight excluding hydrogens is 398 g/mol. The number of ether oxygens (including phenoxy) is 1. The second kappa shape index (κ2) is 8.63. The molecule has 0 rings (SSSR count). The Kier molecular flexibility index (Phi) is 8.94. The Balaban J connectivity index is 0. The molecule has 0 unspecified atom stereocenters. The molecule has 0 bridgehead atoms. The third-order valence-electron chi connectivity index (χ3n) is 1.53. The van der Waals surface area contributed by atoms with Crippen LogP contribution < -0.4 is 9.86 Å². The van der Waals surface area contributed by atoms with Crippen LogP contribution in [0.1, 0.15) is 6.92 Å². The molecule has 16 heteroatoms. The topological polar surface area (TPSA) is 133 Å². The van der Waals surface area contributed by atoms with E-state index in [1.165, 1.54) is 0 Å². The van der Waals surface area contributed by atoms with E-state index in [9.17, 15) is 48.0 Å². The molecule has 0 aliphatic rings. The Morgan fingerprint density at radius 1 is 1.04 bits per heavy atom. The number of halogens is 6. The van der Waals surface area contributed by atoms with Gasteiger partial charge in [0.05, 0.1) is 0 Å². The summed E-state index contributed by atoms with van der Waals surface area (Å²) in [5.74, 6) is -0.375. The lowest BCUT2D eigenvalue weighted by Crippen LogP contribution is -2.45. The van der Waals surface area contributed by atoms with E-state index in [4.69, 9.17) is 5.73 Å². The van der Waals surface area contributed by atoms with Crippen LogP contribution in [0.5, 0.6) is 0 Å². The summed E-state index contributed by atoms with van der Waals surface area (Å²) in [7, 11) is -13.2. The summed E-state index contributed by atoms with van der Waals surface area (Å²) in [6.07, 6.45) is 0. The van der Waals surface area contributed by atoms with Crippen molar-refractivity contribution < 1.29 is 52.7 Å². The molecule has 0 heterocycles. The Hall–Kier alpha value is -1.39. The fourth-order valence-corrected chi connectivity index (χ4v) is 2.43. The maximum atomic E-state index is 11.5. The quantitative estimate of drug-likeness (QED) is 0.379. The highest BCUT2D eigenvalue weighted by atomic mass is 32.3. The number of hydrogen-bond donors (Lipinski definition) is 2. The zero-order valence-corrected chi connectivity index (χ0v) is 13.4. The van der Waals surface area contributed by atoms with Crippen LogP contribution in [0.3, 0.4) is 0 Å². The molecule has 0 aromatic heterocycles. The van der Waals surface area contributed by atoms with Gasteiger partial charge in [0.25, 0.3) is 0 Å². The first kappa shape index (κ1) is 24.9. The van der Waals surface area contributed by atoms with E-state index in [0.717, 1.165) is 0 Å². The lowest BCUT2D eigenvalue weighted by Gasteiger charge is -2.11. The number of hydrogen-bond acceptors (Lipinski definition) is 7. The van der Waals surface area contributed by atoms with Gasteiger partial charge in [-0.2, -0.15) is 26.3 Å². The number of sulfonamides is 2. The van der Waals surface area contributed by atoms with E-state index in [-0.39, 0.29) is 12.6 Å². The fraction of sp³-hybridized carbons (Fsp3) is 0.625. The van der Waals surface area contributed by atoms with Crippen molar-refractivity contribution in [1.82, 2.24) is 4.13 Å². The van der Waals surface area contributed by atoms with Crippen molar-refractivity contribution in [3.05, 3.63) is 12.2 Å². The van der Waals surface area contributed by atoms with Gasteiger partial charge in [-0.3, -0.25) is 0 Å². The number of alkyl halides is 6. The fourth-order valence-electron chi connectivity index (χ4n) is 0.514. The maximum Gasteiger partial charge on any atom is 0.512 e. The second-order valence-electron chi connectivity index (χ2n) is 3.69. The van der Waals surface area contributed by atoms with E-state index in [1.54, 1.807) is 6.92 Å². The van der Waals surface area contributed by atoms with Crippen LogP contribution in [-0.2, 0) is 29.6 Å². The minimum atomic E-state index is -6.60. The van der Waals surface area contributed by atoms with Crippen LogP contribution in [0.25, 0.3) is 0 Å². The summed E-state index contributed by atoms with van der Waals surface area (Å²) in [5, 5.41) is 0. The predicted octanol–water partition coefficient (Wildman–Crippen LogP) is 0.340. The van der Waals surface area contributed by atoms with Gasteiger partial charge in [0.2, 0.25) is 0 Å². The van der Waals surface area contributed by atoms with Crippen molar-refractivity contribution in [2.24, 2.45) is 5.73 Å². The van der Waals surface area contributed by atoms with E-state index in [2.05, 4.69) is 11.3 Å². The molecule has 144 valence electrons. The largest absolute Gasteiger partial charge is 0.512 e. The molecule has 0 aliphatic heterocycles. The van der Waals surface area contributed by atoms with Gasteiger partial charge < -0.3 is 10.5 Å². The summed E-state index contributed by atoms with van der Waals surface area (Å²) in [5.41, 5.74) is -6.82. The summed E-state index contributed by atoms with van der Waals surface area (Å²) in [6.45, 7) is 5.62. The number of nitrogens with one attached hydrogen (secondary N) is 1. The minimum absolute atomic E-state index is 0.270. The van der Waals surface area contributed by atoms with Crippen molar-refractivity contribution in [2.45, 2.75) is 17.9 Å². The van der Waals surface area contributed by atoms with Crippen LogP contribution in [0.2, 0.25) is 0 Å². The van der Waals surface area contributed by atoms with Gasteiger partial charge in [0, 0.05) is 12.1 Å². The van der Waals surface area contributed by atoms with E-state index in [1.807, 2.05) is 0 Å². The number of esters is 1. The highest BCUT2D eigenvalue weighted by Crippen LogP contribution is 2.27. The first-order chi connectivity index (χ1) is 10.4. The monoisotopic (exact) mass is 410 g/mol. The number of carbonyl (C=O) groups is 1. The lowest BCUT2D eigenvalue weighted by molar-refractivity contribution is -0.138. The predicted molar refractivity (Wildman–Crippen MR) is 67.9 cm³/mol. The molecule has 0 aromatic rings. The summed E-state index contributed by atoms with van der Waals surface area (Å²) < 4.78 is 113. The molecule has 0 saturated heterocycles. The molecule has 0 spiro atoms. The van der Waals surface area contributed by atoms with Crippen LogP contribution in [0, 0.1) is 0 Å². The van der Waals surface area contributed by atoms with Crippen molar-refractivity contribution in [2.75, 3.05) is 13.2 Å². The van der Waals surface area contributed by atoms with E-state index >= 15 is 0 Å². The smallest absolute Gasteiger partial charge is 0.461 e. The van der Waals surface area contributed by atoms with Crippen LogP contribution >= 0.6 is 0 Å². The van der Waals surface area contributed by atoms with Gasteiger partial charge in [-0.15, -0.1) is 0 Å². The average Bonchev–Trinajstić information content (AvgIpc) is 2.32. The zero-order valence-electron chi connectivity index (χ0n) is 11.7. The van der Waals surface area contributed by atoms with E-state index in [0.29, 0.717) is 12.1 Å². The number of nitrogens with two attached hydrogens (primary N) is 1. The molecule has 0 aromatic carbocycles. The SMILES string of the molecule is C=C(C)C(=O)OCCN.O=S(=O)(NS(=O)(=O)C(F)(F)F)C(F)(F)F. The van der Waals surface area contributed by atoms with Gasteiger partial charge in [-0.1, -0.05) is 10.7 Å².